The van der Waals surface area contributed by atoms with E-state index in [0.29, 0.717) is 27.4 Å². The molecule has 1 aliphatic heterocycles. The molecule has 9 heteroatoms. The van der Waals surface area contributed by atoms with Gasteiger partial charge in [-0.2, -0.15) is 0 Å². The normalized spacial score (nSPS) is 13.0. The summed E-state index contributed by atoms with van der Waals surface area (Å²) < 4.78 is 8.84. The lowest BCUT2D eigenvalue weighted by molar-refractivity contribution is 0.565. The molecule has 29 heavy (non-hydrogen) atoms. The first-order valence-corrected chi connectivity index (χ1v) is 10.9. The van der Waals surface area contributed by atoms with Gasteiger partial charge in [-0.15, -0.1) is 10.2 Å². The molecule has 0 saturated heterocycles. The van der Waals surface area contributed by atoms with Crippen LogP contribution in [0.4, 0.5) is 0 Å². The Bertz CT molecular complexity index is 1270. The highest BCUT2D eigenvalue weighted by Gasteiger charge is 2.22. The van der Waals surface area contributed by atoms with Crippen LogP contribution in [0.3, 0.4) is 0 Å². The number of hydrogen-bond acceptors (Lipinski definition) is 5. The molecule has 0 radical (unpaired) electrons. The maximum absolute atomic E-state index is 6.30. The van der Waals surface area contributed by atoms with Crippen molar-refractivity contribution >= 4 is 56.6 Å². The van der Waals surface area contributed by atoms with Crippen molar-refractivity contribution in [1.82, 2.24) is 14.9 Å². The van der Waals surface area contributed by atoms with Crippen molar-refractivity contribution in [3.8, 4) is 22.7 Å². The predicted molar refractivity (Wildman–Crippen MR) is 121 cm³/mol. The second-order valence-corrected chi connectivity index (χ2v) is 8.71. The SMILES string of the molecule is Clc1ccc(Cl)c(-c2ccc(C3=CSc4nnc(-c5ccccc5Br)n4N3)o2)c1. The van der Waals surface area contributed by atoms with Crippen molar-refractivity contribution in [3.63, 3.8) is 0 Å². The fraction of sp³-hybridized carbons (Fsp3) is 0. The average Bonchev–Trinajstić information content (AvgIpc) is 3.37. The fourth-order valence-corrected chi connectivity index (χ4v) is 4.51. The fourth-order valence-electron chi connectivity index (χ4n) is 2.95. The van der Waals surface area contributed by atoms with E-state index in [1.54, 1.807) is 18.2 Å². The lowest BCUT2D eigenvalue weighted by Crippen LogP contribution is -2.18. The topological polar surface area (TPSA) is 55.9 Å². The van der Waals surface area contributed by atoms with Gasteiger partial charge in [0.05, 0.1) is 5.02 Å². The summed E-state index contributed by atoms with van der Waals surface area (Å²) in [5, 5.41) is 12.5. The largest absolute Gasteiger partial charge is 0.454 e. The third-order valence-electron chi connectivity index (χ3n) is 4.33. The van der Waals surface area contributed by atoms with Gasteiger partial charge in [0.2, 0.25) is 5.16 Å². The zero-order valence-corrected chi connectivity index (χ0v) is 18.5. The number of rotatable bonds is 3. The zero-order valence-electron chi connectivity index (χ0n) is 14.6. The lowest BCUT2D eigenvalue weighted by Gasteiger charge is -2.17. The number of benzene rings is 2. The molecule has 0 aliphatic carbocycles. The molecular weight excluding hydrogens is 495 g/mol. The third kappa shape index (κ3) is 3.48. The summed E-state index contributed by atoms with van der Waals surface area (Å²) in [5.41, 5.74) is 5.81. The van der Waals surface area contributed by atoms with Gasteiger partial charge in [-0.25, -0.2) is 4.68 Å². The Morgan fingerprint density at radius 1 is 0.966 bits per heavy atom. The molecule has 144 valence electrons. The molecule has 3 heterocycles. The summed E-state index contributed by atoms with van der Waals surface area (Å²) in [4.78, 5) is 0. The van der Waals surface area contributed by atoms with Gasteiger partial charge >= 0.3 is 0 Å². The molecule has 0 fully saturated rings. The Labute approximate surface area is 188 Å². The van der Waals surface area contributed by atoms with E-state index in [1.807, 2.05) is 46.5 Å². The highest BCUT2D eigenvalue weighted by atomic mass is 79.9. The molecular formula is C20H11BrCl2N4OS. The van der Waals surface area contributed by atoms with Crippen LogP contribution < -0.4 is 5.43 Å². The van der Waals surface area contributed by atoms with E-state index < -0.39 is 0 Å². The van der Waals surface area contributed by atoms with Gasteiger partial charge in [0.25, 0.3) is 0 Å². The van der Waals surface area contributed by atoms with E-state index in [-0.39, 0.29) is 0 Å². The molecule has 0 unspecified atom stereocenters. The van der Waals surface area contributed by atoms with Crippen LogP contribution in [-0.4, -0.2) is 14.9 Å². The molecule has 0 bridgehead atoms. The number of nitrogens with zero attached hydrogens (tertiary/aromatic N) is 3. The van der Waals surface area contributed by atoms with Crippen LogP contribution in [0, 0.1) is 0 Å². The quantitative estimate of drug-likeness (QED) is 0.327. The molecule has 0 spiro atoms. The van der Waals surface area contributed by atoms with Crippen molar-refractivity contribution in [1.29, 1.82) is 0 Å². The van der Waals surface area contributed by atoms with Crippen molar-refractivity contribution in [2.45, 2.75) is 5.16 Å². The van der Waals surface area contributed by atoms with Crippen LogP contribution in [-0.2, 0) is 0 Å². The standard InChI is InChI=1S/C20H11BrCl2N4OS/c21-14-4-2-1-3-12(14)19-24-25-20-27(19)26-16(10-29-20)18-8-7-17(28-18)13-9-11(22)5-6-15(13)23/h1-10,26H. The van der Waals surface area contributed by atoms with Gasteiger partial charge in [-0.3, -0.25) is 5.43 Å². The Morgan fingerprint density at radius 2 is 1.79 bits per heavy atom. The van der Waals surface area contributed by atoms with Gasteiger partial charge in [0, 0.05) is 26.0 Å². The van der Waals surface area contributed by atoms with Crippen LogP contribution >= 0.6 is 50.9 Å². The van der Waals surface area contributed by atoms with Gasteiger partial charge in [0.1, 0.15) is 11.5 Å². The number of hydrogen-bond donors (Lipinski definition) is 1. The number of thioether (sulfide) groups is 1. The molecule has 0 atom stereocenters. The molecule has 0 saturated carbocycles. The van der Waals surface area contributed by atoms with E-state index in [0.717, 1.165) is 26.5 Å². The number of nitrogens with one attached hydrogen (secondary N) is 1. The van der Waals surface area contributed by atoms with Gasteiger partial charge in [-0.05, 0) is 42.5 Å². The van der Waals surface area contributed by atoms with Gasteiger partial charge in [0.15, 0.2) is 11.6 Å². The highest BCUT2D eigenvalue weighted by molar-refractivity contribution is 9.10. The van der Waals surface area contributed by atoms with Crippen molar-refractivity contribution in [2.75, 3.05) is 5.43 Å². The second kappa shape index (κ2) is 7.57. The summed E-state index contributed by atoms with van der Waals surface area (Å²) in [6, 6.07) is 16.9. The molecule has 2 aromatic heterocycles. The lowest BCUT2D eigenvalue weighted by atomic mass is 10.2. The number of fused-ring (bicyclic) bond motifs is 1. The van der Waals surface area contributed by atoms with E-state index in [2.05, 4.69) is 31.6 Å². The molecule has 5 rings (SSSR count). The van der Waals surface area contributed by atoms with Crippen LogP contribution in [0.25, 0.3) is 28.4 Å². The first kappa shape index (κ1) is 18.8. The predicted octanol–water partition coefficient (Wildman–Crippen LogP) is 6.92. The van der Waals surface area contributed by atoms with Crippen LogP contribution in [0.15, 0.2) is 74.1 Å². The van der Waals surface area contributed by atoms with E-state index in [1.165, 1.54) is 11.8 Å². The van der Waals surface area contributed by atoms with Gasteiger partial charge < -0.3 is 4.42 Å². The summed E-state index contributed by atoms with van der Waals surface area (Å²) >= 11 is 17.5. The van der Waals surface area contributed by atoms with Crippen LogP contribution in [0.2, 0.25) is 10.0 Å². The van der Waals surface area contributed by atoms with E-state index in [9.17, 15) is 0 Å². The van der Waals surface area contributed by atoms with Crippen molar-refractivity contribution in [2.24, 2.45) is 0 Å². The molecule has 1 N–H and O–H groups in total. The van der Waals surface area contributed by atoms with Gasteiger partial charge in [-0.1, -0.05) is 63.0 Å². The number of furan rings is 1. The Balaban J connectivity index is 1.48. The highest BCUT2D eigenvalue weighted by Crippen LogP contribution is 2.36. The van der Waals surface area contributed by atoms with Crippen molar-refractivity contribution < 1.29 is 4.42 Å². The summed E-state index contributed by atoms with van der Waals surface area (Å²) in [5.74, 6) is 2.01. The summed E-state index contributed by atoms with van der Waals surface area (Å²) in [6.45, 7) is 0. The maximum atomic E-state index is 6.30. The minimum Gasteiger partial charge on any atom is -0.454 e. The van der Waals surface area contributed by atoms with E-state index >= 15 is 0 Å². The number of halogens is 3. The Morgan fingerprint density at radius 3 is 2.66 bits per heavy atom. The van der Waals surface area contributed by atoms with Crippen molar-refractivity contribution in [3.05, 3.63) is 80.3 Å². The molecule has 1 aliphatic rings. The third-order valence-corrected chi connectivity index (χ3v) is 6.41. The average molecular weight is 506 g/mol. The Hall–Kier alpha value is -2.19. The van der Waals surface area contributed by atoms with Crippen LogP contribution in [0.5, 0.6) is 0 Å². The summed E-state index contributed by atoms with van der Waals surface area (Å²) in [7, 11) is 0. The monoisotopic (exact) mass is 504 g/mol. The van der Waals surface area contributed by atoms with E-state index in [4.69, 9.17) is 27.6 Å². The zero-order chi connectivity index (χ0) is 20.0. The number of aromatic nitrogens is 3. The Kier molecular flexibility index (Phi) is 4.91. The van der Waals surface area contributed by atoms with Crippen LogP contribution in [0.1, 0.15) is 5.76 Å². The smallest absolute Gasteiger partial charge is 0.214 e. The second-order valence-electron chi connectivity index (χ2n) is 6.17. The first-order valence-electron chi connectivity index (χ1n) is 8.50. The molecule has 4 aromatic rings. The summed E-state index contributed by atoms with van der Waals surface area (Å²) in [6.07, 6.45) is 0. The maximum Gasteiger partial charge on any atom is 0.214 e. The molecule has 0 amide bonds. The first-order chi connectivity index (χ1) is 14.1. The molecule has 2 aromatic carbocycles. The minimum atomic E-state index is 0.576. The molecule has 5 nitrogen and oxygen atoms in total. The minimum absolute atomic E-state index is 0.576.